The van der Waals surface area contributed by atoms with Crippen molar-refractivity contribution in [2.24, 2.45) is 0 Å². The molecule has 0 atom stereocenters. The number of benzene rings is 5. The first kappa shape index (κ1) is 27.8. The van der Waals surface area contributed by atoms with E-state index in [-0.39, 0.29) is 0 Å². The first-order valence-electron chi connectivity index (χ1n) is 16.9. The van der Waals surface area contributed by atoms with Gasteiger partial charge in [0.2, 0.25) is 0 Å². The van der Waals surface area contributed by atoms with Crippen LogP contribution in [-0.2, 0) is 0 Å². The number of hydrogen-bond donors (Lipinski definition) is 0. The van der Waals surface area contributed by atoms with Gasteiger partial charge in [-0.2, -0.15) is 10.2 Å². The molecule has 238 valence electrons. The lowest BCUT2D eigenvalue weighted by atomic mass is 10.1. The van der Waals surface area contributed by atoms with E-state index in [2.05, 4.69) is 122 Å². The Kier molecular flexibility index (Phi) is 5.83. The van der Waals surface area contributed by atoms with Crippen LogP contribution in [0.1, 0.15) is 0 Å². The van der Waals surface area contributed by atoms with Gasteiger partial charge in [0.05, 0.1) is 45.8 Å². The minimum absolute atomic E-state index is 0.703. The van der Waals surface area contributed by atoms with E-state index in [4.69, 9.17) is 14.4 Å². The number of nitrogens with zero attached hydrogens (tertiary/aromatic N) is 6. The summed E-state index contributed by atoms with van der Waals surface area (Å²) >= 11 is 0. The lowest BCUT2D eigenvalue weighted by molar-refractivity contribution is 0.667. The maximum Gasteiger partial charge on any atom is 0.155 e. The van der Waals surface area contributed by atoms with Crippen molar-refractivity contribution in [2.45, 2.75) is 0 Å². The second-order valence-electron chi connectivity index (χ2n) is 12.8. The van der Waals surface area contributed by atoms with Gasteiger partial charge in [-0.15, -0.1) is 0 Å². The van der Waals surface area contributed by atoms with E-state index < -0.39 is 0 Å². The number of aromatic nitrogens is 6. The van der Waals surface area contributed by atoms with Gasteiger partial charge in [0.15, 0.2) is 11.2 Å². The van der Waals surface area contributed by atoms with Crippen molar-refractivity contribution >= 4 is 65.8 Å². The van der Waals surface area contributed by atoms with E-state index in [1.807, 2.05) is 54.9 Å². The minimum Gasteiger partial charge on any atom is -0.453 e. The number of pyridine rings is 2. The van der Waals surface area contributed by atoms with Gasteiger partial charge in [0.25, 0.3) is 0 Å². The minimum atomic E-state index is 0.703. The first-order chi connectivity index (χ1) is 25.3. The first-order valence-corrected chi connectivity index (χ1v) is 16.9. The van der Waals surface area contributed by atoms with Gasteiger partial charge < -0.3 is 13.6 Å². The molecule has 7 nitrogen and oxygen atoms in total. The van der Waals surface area contributed by atoms with Crippen LogP contribution in [0.5, 0.6) is 0 Å². The molecule has 0 aliphatic rings. The average molecular weight is 655 g/mol. The third kappa shape index (κ3) is 4.18. The lowest BCUT2D eigenvalue weighted by Crippen LogP contribution is -1.94. The van der Waals surface area contributed by atoms with Crippen LogP contribution in [0.3, 0.4) is 0 Å². The Morgan fingerprint density at radius 2 is 0.902 bits per heavy atom. The maximum atomic E-state index is 6.26. The smallest absolute Gasteiger partial charge is 0.155 e. The van der Waals surface area contributed by atoms with Crippen LogP contribution >= 0.6 is 0 Å². The zero-order chi connectivity index (χ0) is 33.5. The molecule has 6 heterocycles. The molecule has 0 fully saturated rings. The molecule has 11 aromatic rings. The molecule has 0 amide bonds. The summed E-state index contributed by atoms with van der Waals surface area (Å²) in [6, 6.07) is 50.5. The van der Waals surface area contributed by atoms with Crippen LogP contribution in [0, 0.1) is 0 Å². The molecule has 11 rings (SSSR count). The third-order valence-electron chi connectivity index (χ3n) is 9.93. The summed E-state index contributed by atoms with van der Waals surface area (Å²) in [6.07, 6.45) is 3.66. The van der Waals surface area contributed by atoms with Crippen LogP contribution < -0.4 is 0 Å². The summed E-state index contributed by atoms with van der Waals surface area (Å²) in [6.45, 7) is 0. The Morgan fingerprint density at radius 1 is 0.392 bits per heavy atom. The topological polar surface area (TPSA) is 74.6 Å². The Labute approximate surface area is 290 Å². The summed E-state index contributed by atoms with van der Waals surface area (Å²) < 4.78 is 10.8. The predicted molar refractivity (Wildman–Crippen MR) is 204 cm³/mol. The van der Waals surface area contributed by atoms with Crippen molar-refractivity contribution in [3.05, 3.63) is 158 Å². The van der Waals surface area contributed by atoms with E-state index >= 15 is 0 Å². The third-order valence-corrected chi connectivity index (χ3v) is 9.93. The van der Waals surface area contributed by atoms with Gasteiger partial charge in [-0.3, -0.25) is 0 Å². The molecule has 0 saturated heterocycles. The number of para-hydroxylation sites is 3. The van der Waals surface area contributed by atoms with Crippen molar-refractivity contribution in [3.63, 3.8) is 0 Å². The highest BCUT2D eigenvalue weighted by Crippen LogP contribution is 2.37. The van der Waals surface area contributed by atoms with E-state index in [0.717, 1.165) is 72.2 Å². The Morgan fingerprint density at radius 3 is 1.53 bits per heavy atom. The van der Waals surface area contributed by atoms with Gasteiger partial charge in [0, 0.05) is 44.0 Å². The molecule has 0 unspecified atom stereocenters. The zero-order valence-corrected chi connectivity index (χ0v) is 27.1. The highest BCUT2D eigenvalue weighted by atomic mass is 16.3. The molecule has 6 aromatic heterocycles. The van der Waals surface area contributed by atoms with Crippen LogP contribution in [0.15, 0.2) is 162 Å². The summed E-state index contributed by atoms with van der Waals surface area (Å²) in [5, 5.41) is 13.0. The highest BCUT2D eigenvalue weighted by Gasteiger charge is 2.18. The molecule has 0 aliphatic carbocycles. The molecule has 0 spiro atoms. The van der Waals surface area contributed by atoms with Crippen LogP contribution in [0.2, 0.25) is 0 Å². The van der Waals surface area contributed by atoms with Crippen LogP contribution in [-0.4, -0.2) is 29.3 Å². The van der Waals surface area contributed by atoms with Crippen LogP contribution in [0.25, 0.3) is 99.7 Å². The van der Waals surface area contributed by atoms with Crippen molar-refractivity contribution in [3.8, 4) is 33.9 Å². The number of furan rings is 1. The van der Waals surface area contributed by atoms with Crippen molar-refractivity contribution in [2.75, 3.05) is 0 Å². The highest BCUT2D eigenvalue weighted by molar-refractivity contribution is 6.11. The van der Waals surface area contributed by atoms with E-state index in [1.165, 1.54) is 16.3 Å². The standard InChI is InChI=1S/C44H26N6O/c1-3-9-29(10-4-1)49-37-14-8-7-13-31(37)32-17-15-27(23-38(32)49)35-19-21-41-43(47-35)44-42(51-41)22-20-36(48-44)28-16-18-33-34-25-45-46-26-40(34)50(39(33)24-28)30-11-5-2-6-12-30/h1-26H. The molecule has 0 bridgehead atoms. The van der Waals surface area contributed by atoms with Gasteiger partial charge in [-0.05, 0) is 66.7 Å². The van der Waals surface area contributed by atoms with Gasteiger partial charge in [-0.1, -0.05) is 78.9 Å². The Balaban J connectivity index is 1.07. The zero-order valence-electron chi connectivity index (χ0n) is 27.1. The Bertz CT molecular complexity index is 2930. The fraction of sp³-hybridized carbons (Fsp3) is 0. The van der Waals surface area contributed by atoms with Gasteiger partial charge in [-0.25, -0.2) is 9.97 Å². The molecule has 51 heavy (non-hydrogen) atoms. The lowest BCUT2D eigenvalue weighted by Gasteiger charge is -2.09. The monoisotopic (exact) mass is 654 g/mol. The fourth-order valence-corrected chi connectivity index (χ4v) is 7.61. The molecule has 0 saturated carbocycles. The largest absolute Gasteiger partial charge is 0.453 e. The fourth-order valence-electron chi connectivity index (χ4n) is 7.61. The number of fused-ring (bicyclic) bond motifs is 9. The maximum absolute atomic E-state index is 6.26. The van der Waals surface area contributed by atoms with Crippen LogP contribution in [0.4, 0.5) is 0 Å². The van der Waals surface area contributed by atoms with Crippen molar-refractivity contribution in [1.29, 1.82) is 0 Å². The second-order valence-corrected chi connectivity index (χ2v) is 12.8. The van der Waals surface area contributed by atoms with E-state index in [9.17, 15) is 0 Å². The predicted octanol–water partition coefficient (Wildman–Crippen LogP) is 10.7. The number of hydrogen-bond acceptors (Lipinski definition) is 5. The van der Waals surface area contributed by atoms with Gasteiger partial charge in [0.1, 0.15) is 11.0 Å². The quantitative estimate of drug-likeness (QED) is 0.189. The summed E-state index contributed by atoms with van der Waals surface area (Å²) in [5.74, 6) is 0. The molecule has 5 aromatic carbocycles. The Hall–Kier alpha value is -7.12. The van der Waals surface area contributed by atoms with Crippen molar-refractivity contribution < 1.29 is 4.42 Å². The molecule has 0 aliphatic heterocycles. The normalized spacial score (nSPS) is 11.9. The molecule has 7 heteroatoms. The van der Waals surface area contributed by atoms with E-state index in [1.54, 1.807) is 0 Å². The second kappa shape index (κ2) is 10.7. The number of rotatable bonds is 4. The average Bonchev–Trinajstić information content (AvgIpc) is 3.85. The summed E-state index contributed by atoms with van der Waals surface area (Å²) in [5.41, 5.74) is 13.2. The molecular formula is C44H26N6O. The van der Waals surface area contributed by atoms with E-state index in [0.29, 0.717) is 11.2 Å². The summed E-state index contributed by atoms with van der Waals surface area (Å²) in [4.78, 5) is 10.4. The molecule has 0 N–H and O–H groups in total. The molecule has 0 radical (unpaired) electrons. The summed E-state index contributed by atoms with van der Waals surface area (Å²) in [7, 11) is 0. The van der Waals surface area contributed by atoms with Crippen molar-refractivity contribution in [1.82, 2.24) is 29.3 Å². The van der Waals surface area contributed by atoms with Gasteiger partial charge >= 0.3 is 0 Å². The molecular weight excluding hydrogens is 629 g/mol. The SMILES string of the molecule is c1ccc(-n2c3ccccc3c3ccc(-c4ccc5oc6ccc(-c7ccc8c9cnncc9n(-c9ccccc9)c8c7)nc6c5n4)cc32)cc1.